The predicted octanol–water partition coefficient (Wildman–Crippen LogP) is 3.12. The minimum absolute atomic E-state index is 0.137. The maximum absolute atomic E-state index is 6.46. The van der Waals surface area contributed by atoms with Crippen LogP contribution >= 0.6 is 0 Å². The van der Waals surface area contributed by atoms with Crippen molar-refractivity contribution in [3.63, 3.8) is 0 Å². The number of H-pyrrole nitrogens is 1. The summed E-state index contributed by atoms with van der Waals surface area (Å²) >= 11 is 0. The Labute approximate surface area is 135 Å². The van der Waals surface area contributed by atoms with Crippen LogP contribution in [0, 0.1) is 0 Å². The first-order chi connectivity index (χ1) is 11.2. The van der Waals surface area contributed by atoms with Crippen LogP contribution in [0.3, 0.4) is 0 Å². The quantitative estimate of drug-likeness (QED) is 0.676. The second-order valence-electron chi connectivity index (χ2n) is 6.23. The minimum Gasteiger partial charge on any atom is -0.373 e. The van der Waals surface area contributed by atoms with E-state index in [-0.39, 0.29) is 6.04 Å². The Hall–Kier alpha value is -2.40. The summed E-state index contributed by atoms with van der Waals surface area (Å²) in [7, 11) is 1.88. The highest BCUT2D eigenvalue weighted by molar-refractivity contribution is 5.83. The van der Waals surface area contributed by atoms with Gasteiger partial charge in [0.05, 0.1) is 11.7 Å². The van der Waals surface area contributed by atoms with E-state index in [0.29, 0.717) is 5.92 Å². The number of hydrogen-bond donors (Lipinski definition) is 3. The summed E-state index contributed by atoms with van der Waals surface area (Å²) in [5.74, 6) is 2.30. The first kappa shape index (κ1) is 14.2. The van der Waals surface area contributed by atoms with Crippen molar-refractivity contribution < 1.29 is 0 Å². The molecule has 1 saturated carbocycles. The van der Waals surface area contributed by atoms with Gasteiger partial charge in [0.1, 0.15) is 11.6 Å². The van der Waals surface area contributed by atoms with Crippen LogP contribution in [0.5, 0.6) is 0 Å². The zero-order valence-corrected chi connectivity index (χ0v) is 13.2. The molecule has 0 spiro atoms. The van der Waals surface area contributed by atoms with E-state index in [9.17, 15) is 0 Å². The third-order valence-corrected chi connectivity index (χ3v) is 4.46. The molecule has 0 radical (unpaired) electrons. The van der Waals surface area contributed by atoms with E-state index in [2.05, 4.69) is 33.5 Å². The topological polar surface area (TPSA) is 79.6 Å². The molecule has 1 unspecified atom stereocenters. The van der Waals surface area contributed by atoms with E-state index in [0.717, 1.165) is 29.3 Å². The van der Waals surface area contributed by atoms with Gasteiger partial charge in [-0.15, -0.1) is 0 Å². The Balaban J connectivity index is 1.63. The van der Waals surface area contributed by atoms with E-state index in [1.54, 1.807) is 0 Å². The van der Waals surface area contributed by atoms with Crippen LogP contribution in [0.15, 0.2) is 36.5 Å². The number of aromatic nitrogens is 3. The Morgan fingerprint density at radius 2 is 2.13 bits per heavy atom. The maximum Gasteiger partial charge on any atom is 0.134 e. The van der Waals surface area contributed by atoms with Gasteiger partial charge in [-0.05, 0) is 30.9 Å². The molecule has 2 heterocycles. The van der Waals surface area contributed by atoms with E-state index >= 15 is 0 Å². The molecule has 1 aliphatic rings. The summed E-state index contributed by atoms with van der Waals surface area (Å²) in [6.07, 6.45) is 5.18. The average molecular weight is 307 g/mol. The van der Waals surface area contributed by atoms with Crippen LogP contribution in [-0.4, -0.2) is 22.0 Å². The molecule has 0 bridgehead atoms. The SMILES string of the molecule is CNc1cc(C(N)Cc2c[nH]c3ccccc23)nc(C2CC2)n1. The Bertz CT molecular complexity index is 834. The van der Waals surface area contributed by atoms with Gasteiger partial charge in [-0.3, -0.25) is 0 Å². The van der Waals surface area contributed by atoms with Crippen LogP contribution in [0.1, 0.15) is 41.9 Å². The Kier molecular flexibility index (Phi) is 3.50. The van der Waals surface area contributed by atoms with Gasteiger partial charge in [-0.25, -0.2) is 9.97 Å². The number of hydrogen-bond acceptors (Lipinski definition) is 4. The van der Waals surface area contributed by atoms with Gasteiger partial charge < -0.3 is 16.0 Å². The van der Waals surface area contributed by atoms with E-state index < -0.39 is 0 Å². The van der Waals surface area contributed by atoms with Gasteiger partial charge in [-0.2, -0.15) is 0 Å². The number of rotatable bonds is 5. The van der Waals surface area contributed by atoms with Gasteiger partial charge in [0.2, 0.25) is 0 Å². The summed E-state index contributed by atoms with van der Waals surface area (Å²) < 4.78 is 0. The summed E-state index contributed by atoms with van der Waals surface area (Å²) in [6, 6.07) is 10.1. The molecule has 0 saturated heterocycles. The maximum atomic E-state index is 6.46. The Morgan fingerprint density at radius 1 is 1.30 bits per heavy atom. The average Bonchev–Trinajstić information content (AvgIpc) is 3.37. The van der Waals surface area contributed by atoms with Crippen molar-refractivity contribution in [2.75, 3.05) is 12.4 Å². The van der Waals surface area contributed by atoms with Crippen molar-refractivity contribution in [2.45, 2.75) is 31.2 Å². The lowest BCUT2D eigenvalue weighted by molar-refractivity contribution is 0.686. The van der Waals surface area contributed by atoms with Crippen molar-refractivity contribution >= 4 is 16.7 Å². The fraction of sp³-hybridized carbons (Fsp3) is 0.333. The number of para-hydroxylation sites is 1. The molecule has 3 aromatic rings. The second kappa shape index (κ2) is 5.66. The molecule has 5 heteroatoms. The number of anilines is 1. The largest absolute Gasteiger partial charge is 0.373 e. The summed E-state index contributed by atoms with van der Waals surface area (Å²) in [6.45, 7) is 0. The van der Waals surface area contributed by atoms with Gasteiger partial charge in [0.15, 0.2) is 0 Å². The number of nitrogens with two attached hydrogens (primary N) is 1. The molecule has 1 atom stereocenters. The van der Waals surface area contributed by atoms with Crippen molar-refractivity contribution in [2.24, 2.45) is 5.73 Å². The van der Waals surface area contributed by atoms with Crippen LogP contribution in [-0.2, 0) is 6.42 Å². The van der Waals surface area contributed by atoms with Gasteiger partial charge in [-0.1, -0.05) is 18.2 Å². The third kappa shape index (κ3) is 2.80. The summed E-state index contributed by atoms with van der Waals surface area (Å²) in [5.41, 5.74) is 9.74. The lowest BCUT2D eigenvalue weighted by atomic mass is 10.0. The predicted molar refractivity (Wildman–Crippen MR) is 92.5 cm³/mol. The first-order valence-corrected chi connectivity index (χ1v) is 8.12. The number of nitrogens with zero attached hydrogens (tertiary/aromatic N) is 2. The van der Waals surface area contributed by atoms with Crippen molar-refractivity contribution in [1.82, 2.24) is 15.0 Å². The second-order valence-corrected chi connectivity index (χ2v) is 6.23. The number of benzene rings is 1. The third-order valence-electron chi connectivity index (χ3n) is 4.46. The summed E-state index contributed by atoms with van der Waals surface area (Å²) in [5, 5.41) is 4.35. The van der Waals surface area contributed by atoms with Crippen LogP contribution in [0.2, 0.25) is 0 Å². The van der Waals surface area contributed by atoms with Crippen LogP contribution in [0.4, 0.5) is 5.82 Å². The highest BCUT2D eigenvalue weighted by Crippen LogP contribution is 2.38. The first-order valence-electron chi connectivity index (χ1n) is 8.12. The van der Waals surface area contributed by atoms with E-state index in [4.69, 9.17) is 10.7 Å². The lowest BCUT2D eigenvalue weighted by Gasteiger charge is -2.13. The van der Waals surface area contributed by atoms with Crippen LogP contribution in [0.25, 0.3) is 10.9 Å². The molecular formula is C18H21N5. The molecular weight excluding hydrogens is 286 g/mol. The Morgan fingerprint density at radius 3 is 2.91 bits per heavy atom. The van der Waals surface area contributed by atoms with Crippen molar-refractivity contribution in [1.29, 1.82) is 0 Å². The van der Waals surface area contributed by atoms with Gasteiger partial charge >= 0.3 is 0 Å². The van der Waals surface area contributed by atoms with Crippen molar-refractivity contribution in [3.8, 4) is 0 Å². The molecule has 23 heavy (non-hydrogen) atoms. The van der Waals surface area contributed by atoms with E-state index in [1.165, 1.54) is 23.8 Å². The van der Waals surface area contributed by atoms with Crippen LogP contribution < -0.4 is 11.1 Å². The molecule has 5 nitrogen and oxygen atoms in total. The molecule has 4 N–H and O–H groups in total. The van der Waals surface area contributed by atoms with Gasteiger partial charge in [0.25, 0.3) is 0 Å². The lowest BCUT2D eigenvalue weighted by Crippen LogP contribution is -2.17. The number of fused-ring (bicyclic) bond motifs is 1. The highest BCUT2D eigenvalue weighted by Gasteiger charge is 2.28. The molecule has 2 aromatic heterocycles. The zero-order valence-electron chi connectivity index (χ0n) is 13.2. The molecule has 0 aliphatic heterocycles. The number of aromatic amines is 1. The standard InChI is InChI=1S/C18H21N5/c1-20-17-9-16(22-18(23-17)11-6-7-11)14(19)8-12-10-21-15-5-3-2-4-13(12)15/h2-5,9-11,14,21H,6-8,19H2,1H3,(H,20,22,23). The molecule has 118 valence electrons. The monoisotopic (exact) mass is 307 g/mol. The molecule has 0 amide bonds. The zero-order chi connectivity index (χ0) is 15.8. The number of nitrogens with one attached hydrogen (secondary N) is 2. The molecule has 1 aromatic carbocycles. The molecule has 4 rings (SSSR count). The fourth-order valence-corrected chi connectivity index (χ4v) is 2.97. The molecule has 1 aliphatic carbocycles. The fourth-order valence-electron chi connectivity index (χ4n) is 2.97. The van der Waals surface area contributed by atoms with E-state index in [1.807, 2.05) is 25.4 Å². The highest BCUT2D eigenvalue weighted by atomic mass is 15.0. The normalized spacial score (nSPS) is 15.7. The summed E-state index contributed by atoms with van der Waals surface area (Å²) in [4.78, 5) is 12.6. The van der Waals surface area contributed by atoms with Gasteiger partial charge in [0, 0.05) is 36.1 Å². The minimum atomic E-state index is -0.137. The smallest absolute Gasteiger partial charge is 0.134 e. The van der Waals surface area contributed by atoms with Crippen molar-refractivity contribution in [3.05, 3.63) is 53.6 Å². The molecule has 1 fully saturated rings.